The van der Waals surface area contributed by atoms with Crippen LogP contribution in [-0.2, 0) is 16.4 Å². The molecule has 0 radical (unpaired) electrons. The predicted molar refractivity (Wildman–Crippen MR) is 107 cm³/mol. The van der Waals surface area contributed by atoms with E-state index in [4.69, 9.17) is 0 Å². The largest absolute Gasteiger partial charge is 0.352 e. The second-order valence-electron chi connectivity index (χ2n) is 6.08. The van der Waals surface area contributed by atoms with Crippen molar-refractivity contribution in [2.75, 3.05) is 11.3 Å². The van der Waals surface area contributed by atoms with Gasteiger partial charge >= 0.3 is 5.69 Å². The van der Waals surface area contributed by atoms with Gasteiger partial charge in [-0.3, -0.25) is 19.3 Å². The molecule has 3 rings (SSSR count). The number of amides is 1. The van der Waals surface area contributed by atoms with Gasteiger partial charge in [0.2, 0.25) is 0 Å². The normalized spacial score (nSPS) is 11.0. The molecule has 150 valence electrons. The average molecular weight is 414 g/mol. The fourth-order valence-electron chi connectivity index (χ4n) is 2.63. The van der Waals surface area contributed by atoms with Crippen molar-refractivity contribution < 1.29 is 13.2 Å². The van der Waals surface area contributed by atoms with E-state index < -0.39 is 32.1 Å². The average Bonchev–Trinajstić information content (AvgIpc) is 2.68. The molecular formula is C19H18N4O5S. The first-order valence-electron chi connectivity index (χ1n) is 8.63. The number of rotatable bonds is 7. The zero-order valence-corrected chi connectivity index (χ0v) is 16.0. The van der Waals surface area contributed by atoms with Gasteiger partial charge in [0, 0.05) is 12.7 Å². The van der Waals surface area contributed by atoms with Crippen molar-refractivity contribution in [2.45, 2.75) is 11.3 Å². The van der Waals surface area contributed by atoms with E-state index in [1.807, 2.05) is 35.3 Å². The van der Waals surface area contributed by atoms with E-state index in [1.54, 1.807) is 12.1 Å². The minimum Gasteiger partial charge on any atom is -0.352 e. The lowest BCUT2D eigenvalue weighted by atomic mass is 10.1. The molecule has 0 saturated carbocycles. The van der Waals surface area contributed by atoms with Crippen LogP contribution in [0.15, 0.2) is 75.3 Å². The Balaban J connectivity index is 1.77. The van der Waals surface area contributed by atoms with Gasteiger partial charge in [-0.05, 0) is 24.1 Å². The first-order valence-corrected chi connectivity index (χ1v) is 10.1. The molecule has 9 nitrogen and oxygen atoms in total. The van der Waals surface area contributed by atoms with E-state index in [-0.39, 0.29) is 11.3 Å². The van der Waals surface area contributed by atoms with Gasteiger partial charge in [-0.2, -0.15) is 0 Å². The van der Waals surface area contributed by atoms with Crippen LogP contribution in [0.25, 0.3) is 0 Å². The molecule has 0 aliphatic heterocycles. The first-order chi connectivity index (χ1) is 13.9. The van der Waals surface area contributed by atoms with Crippen molar-refractivity contribution in [3.63, 3.8) is 0 Å². The van der Waals surface area contributed by atoms with Gasteiger partial charge in [0.05, 0.1) is 11.3 Å². The van der Waals surface area contributed by atoms with Crippen molar-refractivity contribution in [3.8, 4) is 0 Å². The lowest BCUT2D eigenvalue weighted by molar-refractivity contribution is 0.0955. The lowest BCUT2D eigenvalue weighted by Crippen LogP contribution is -2.30. The molecule has 10 heteroatoms. The summed E-state index contributed by atoms with van der Waals surface area (Å²) in [5, 5.41) is 2.74. The summed E-state index contributed by atoms with van der Waals surface area (Å²) < 4.78 is 27.3. The van der Waals surface area contributed by atoms with Crippen molar-refractivity contribution in [1.29, 1.82) is 0 Å². The quantitative estimate of drug-likeness (QED) is 0.453. The number of carbonyl (C=O) groups is 1. The Bertz CT molecular complexity index is 1230. The third-order valence-corrected chi connectivity index (χ3v) is 5.40. The van der Waals surface area contributed by atoms with Crippen LogP contribution in [0.3, 0.4) is 0 Å². The Kier molecular flexibility index (Phi) is 5.93. The van der Waals surface area contributed by atoms with Gasteiger partial charge in [-0.1, -0.05) is 42.5 Å². The molecule has 0 bridgehead atoms. The van der Waals surface area contributed by atoms with Crippen LogP contribution >= 0.6 is 0 Å². The molecule has 0 saturated heterocycles. The summed E-state index contributed by atoms with van der Waals surface area (Å²) in [4.78, 5) is 38.7. The molecule has 1 heterocycles. The highest BCUT2D eigenvalue weighted by molar-refractivity contribution is 7.92. The molecule has 0 aliphatic rings. The van der Waals surface area contributed by atoms with Crippen LogP contribution < -0.4 is 21.3 Å². The third kappa shape index (κ3) is 4.99. The van der Waals surface area contributed by atoms with Gasteiger partial charge < -0.3 is 10.3 Å². The highest BCUT2D eigenvalue weighted by Gasteiger charge is 2.21. The van der Waals surface area contributed by atoms with Gasteiger partial charge in [0.25, 0.3) is 21.5 Å². The van der Waals surface area contributed by atoms with Crippen molar-refractivity contribution in [1.82, 2.24) is 15.3 Å². The van der Waals surface area contributed by atoms with Crippen molar-refractivity contribution >= 4 is 21.6 Å². The maximum Gasteiger partial charge on any atom is 0.325 e. The third-order valence-electron chi connectivity index (χ3n) is 4.03. The van der Waals surface area contributed by atoms with Crippen LogP contribution in [0.2, 0.25) is 0 Å². The minimum atomic E-state index is -4.32. The van der Waals surface area contributed by atoms with Crippen molar-refractivity contribution in [3.05, 3.63) is 92.8 Å². The number of aromatic nitrogens is 2. The van der Waals surface area contributed by atoms with Gasteiger partial charge in [0.15, 0.2) is 4.90 Å². The summed E-state index contributed by atoms with van der Waals surface area (Å²) in [6.45, 7) is 0.365. The number of sulfonamides is 1. The molecule has 0 spiro atoms. The van der Waals surface area contributed by atoms with Crippen LogP contribution in [0.1, 0.15) is 15.9 Å². The Morgan fingerprint density at radius 3 is 2.38 bits per heavy atom. The van der Waals surface area contributed by atoms with E-state index in [9.17, 15) is 22.8 Å². The summed E-state index contributed by atoms with van der Waals surface area (Å²) in [6.07, 6.45) is 1.42. The van der Waals surface area contributed by atoms with Crippen LogP contribution in [0.4, 0.5) is 5.69 Å². The molecule has 0 fully saturated rings. The Morgan fingerprint density at radius 1 is 0.966 bits per heavy atom. The molecule has 3 aromatic rings. The number of H-pyrrole nitrogens is 2. The molecule has 0 atom stereocenters. The van der Waals surface area contributed by atoms with Gasteiger partial charge in [-0.25, -0.2) is 13.2 Å². The topological polar surface area (TPSA) is 141 Å². The fourth-order valence-corrected chi connectivity index (χ4v) is 3.71. The molecular weight excluding hydrogens is 396 g/mol. The smallest absolute Gasteiger partial charge is 0.325 e. The SMILES string of the molecule is O=C(NCCc1ccccc1)c1ccccc1NS(=O)(=O)c1c[nH]c(=O)[nH]c1=O. The number of carbonyl (C=O) groups excluding carboxylic acids is 1. The molecule has 4 N–H and O–H groups in total. The highest BCUT2D eigenvalue weighted by atomic mass is 32.2. The predicted octanol–water partition coefficient (Wildman–Crippen LogP) is 0.837. The summed E-state index contributed by atoms with van der Waals surface area (Å²) in [7, 11) is -4.32. The van der Waals surface area contributed by atoms with E-state index in [1.165, 1.54) is 12.1 Å². The minimum absolute atomic E-state index is 0.00955. The van der Waals surface area contributed by atoms with E-state index in [2.05, 4.69) is 15.0 Å². The van der Waals surface area contributed by atoms with Crippen LogP contribution in [0, 0.1) is 0 Å². The van der Waals surface area contributed by atoms with E-state index in [0.717, 1.165) is 11.8 Å². The van der Waals surface area contributed by atoms with Gasteiger partial charge in [0.1, 0.15) is 0 Å². The number of anilines is 1. The second kappa shape index (κ2) is 8.57. The number of aromatic amines is 2. The standard InChI is InChI=1S/C19H18N4O5S/c24-17(20-11-10-13-6-2-1-3-7-13)14-8-4-5-9-15(14)23-29(27,28)16-12-21-19(26)22-18(16)25/h1-9,12,23H,10-11H2,(H,20,24)(H2,21,22,25,26). The first kappa shape index (κ1) is 20.1. The molecule has 1 aromatic heterocycles. The fraction of sp³-hybridized carbons (Fsp3) is 0.105. The monoisotopic (exact) mass is 414 g/mol. The zero-order chi connectivity index (χ0) is 20.9. The molecule has 29 heavy (non-hydrogen) atoms. The highest BCUT2D eigenvalue weighted by Crippen LogP contribution is 2.18. The molecule has 0 aliphatic carbocycles. The molecule has 0 unspecified atom stereocenters. The van der Waals surface area contributed by atoms with Crippen molar-refractivity contribution in [2.24, 2.45) is 0 Å². The maximum atomic E-state index is 12.5. The lowest BCUT2D eigenvalue weighted by Gasteiger charge is -2.12. The Labute approximate surface area is 165 Å². The maximum absolute atomic E-state index is 12.5. The van der Waals surface area contributed by atoms with Gasteiger partial charge in [-0.15, -0.1) is 0 Å². The zero-order valence-electron chi connectivity index (χ0n) is 15.1. The number of hydrogen-bond acceptors (Lipinski definition) is 5. The van der Waals surface area contributed by atoms with Crippen LogP contribution in [-0.4, -0.2) is 30.8 Å². The summed E-state index contributed by atoms with van der Waals surface area (Å²) in [5.41, 5.74) is -0.724. The van der Waals surface area contributed by atoms with E-state index >= 15 is 0 Å². The summed E-state index contributed by atoms with van der Waals surface area (Å²) in [5.74, 6) is -0.463. The number of para-hydroxylation sites is 1. The molecule has 1 amide bonds. The number of nitrogens with one attached hydrogen (secondary N) is 4. The molecule has 2 aromatic carbocycles. The number of hydrogen-bond donors (Lipinski definition) is 4. The number of benzene rings is 2. The Morgan fingerprint density at radius 2 is 1.66 bits per heavy atom. The van der Waals surface area contributed by atoms with E-state index in [0.29, 0.717) is 13.0 Å². The van der Waals surface area contributed by atoms with Crippen LogP contribution in [0.5, 0.6) is 0 Å². The Hall–Kier alpha value is -3.66. The summed E-state index contributed by atoms with van der Waals surface area (Å²) in [6, 6.07) is 15.6. The summed E-state index contributed by atoms with van der Waals surface area (Å²) >= 11 is 0. The second-order valence-corrected chi connectivity index (χ2v) is 7.73.